The number of hydrogen-bond donors (Lipinski definition) is 1. The number of nitrogens with zero attached hydrogens (tertiary/aromatic N) is 4. The molecule has 4 rings (SSSR count). The van der Waals surface area contributed by atoms with E-state index in [2.05, 4.69) is 24.8 Å². The monoisotopic (exact) mass is 399 g/mol. The van der Waals surface area contributed by atoms with E-state index in [1.54, 1.807) is 6.20 Å². The van der Waals surface area contributed by atoms with E-state index in [0.29, 0.717) is 17.0 Å². The van der Waals surface area contributed by atoms with Crippen molar-refractivity contribution < 1.29 is 9.53 Å². The molecule has 0 atom stereocenters. The number of benzene rings is 2. The minimum absolute atomic E-state index is 0.190. The second-order valence-corrected chi connectivity index (χ2v) is 6.74. The molecule has 2 aromatic carbocycles. The van der Waals surface area contributed by atoms with Crippen molar-refractivity contribution in [2.75, 3.05) is 5.32 Å². The van der Waals surface area contributed by atoms with Crippen LogP contribution in [0.3, 0.4) is 0 Å². The van der Waals surface area contributed by atoms with Crippen molar-refractivity contribution in [2.45, 2.75) is 19.9 Å². The van der Waals surface area contributed by atoms with Crippen LogP contribution in [0.25, 0.3) is 0 Å². The molecule has 0 saturated carbocycles. The van der Waals surface area contributed by atoms with E-state index in [-0.39, 0.29) is 11.9 Å². The van der Waals surface area contributed by atoms with Gasteiger partial charge in [-0.15, -0.1) is 0 Å². The summed E-state index contributed by atoms with van der Waals surface area (Å²) in [5.41, 5.74) is 2.26. The number of carbonyl (C=O) groups is 1. The number of ether oxygens (including phenoxy) is 1. The Morgan fingerprint density at radius 2 is 1.73 bits per heavy atom. The number of rotatable bonds is 7. The normalized spacial score (nSPS) is 10.6. The Labute approximate surface area is 174 Å². The maximum Gasteiger partial charge on any atom is 0.321 e. The average molecular weight is 399 g/mol. The fourth-order valence-electron chi connectivity index (χ4n) is 2.93. The summed E-state index contributed by atoms with van der Waals surface area (Å²) >= 11 is 0. The number of anilines is 1. The zero-order valence-electron chi connectivity index (χ0n) is 16.5. The SMILES string of the molecule is Cc1nccn1CCc1ccc(NC(=O)c2cnc(Oc3ccccc3)nc2)cc1. The minimum Gasteiger partial charge on any atom is -0.424 e. The van der Waals surface area contributed by atoms with Gasteiger partial charge in [-0.2, -0.15) is 0 Å². The van der Waals surface area contributed by atoms with Gasteiger partial charge < -0.3 is 14.6 Å². The number of para-hydroxylation sites is 1. The van der Waals surface area contributed by atoms with Crippen LogP contribution in [0.2, 0.25) is 0 Å². The molecule has 0 aliphatic rings. The predicted octanol–water partition coefficient (Wildman–Crippen LogP) is 4.27. The van der Waals surface area contributed by atoms with Gasteiger partial charge in [0, 0.05) is 37.0 Å². The minimum atomic E-state index is -0.275. The third kappa shape index (κ3) is 4.88. The molecule has 0 aliphatic heterocycles. The quantitative estimate of drug-likeness (QED) is 0.502. The third-order valence-corrected chi connectivity index (χ3v) is 4.62. The lowest BCUT2D eigenvalue weighted by atomic mass is 10.1. The molecule has 0 unspecified atom stereocenters. The van der Waals surface area contributed by atoms with Gasteiger partial charge in [-0.05, 0) is 43.2 Å². The molecule has 0 spiro atoms. The largest absolute Gasteiger partial charge is 0.424 e. The van der Waals surface area contributed by atoms with Gasteiger partial charge in [0.05, 0.1) is 5.56 Å². The molecule has 2 aromatic heterocycles. The third-order valence-electron chi connectivity index (χ3n) is 4.62. The molecule has 30 heavy (non-hydrogen) atoms. The van der Waals surface area contributed by atoms with Crippen LogP contribution < -0.4 is 10.1 Å². The molecule has 1 amide bonds. The van der Waals surface area contributed by atoms with Crippen molar-refractivity contribution in [2.24, 2.45) is 0 Å². The number of aromatic nitrogens is 4. The summed E-state index contributed by atoms with van der Waals surface area (Å²) in [6, 6.07) is 17.2. The maximum atomic E-state index is 12.4. The van der Waals surface area contributed by atoms with Crippen LogP contribution in [0.15, 0.2) is 79.4 Å². The molecule has 7 heteroatoms. The summed E-state index contributed by atoms with van der Waals surface area (Å²) in [5.74, 6) is 1.36. The van der Waals surface area contributed by atoms with E-state index in [9.17, 15) is 4.79 Å². The highest BCUT2D eigenvalue weighted by molar-refractivity contribution is 6.03. The van der Waals surface area contributed by atoms with Crippen LogP contribution in [0, 0.1) is 6.92 Å². The van der Waals surface area contributed by atoms with Crippen molar-refractivity contribution in [1.82, 2.24) is 19.5 Å². The topological polar surface area (TPSA) is 81.9 Å². The average Bonchev–Trinajstić information content (AvgIpc) is 3.19. The molecule has 2 heterocycles. The molecular formula is C23H21N5O2. The fourth-order valence-corrected chi connectivity index (χ4v) is 2.93. The first-order valence-electron chi connectivity index (χ1n) is 9.60. The van der Waals surface area contributed by atoms with E-state index >= 15 is 0 Å². The van der Waals surface area contributed by atoms with Crippen molar-refractivity contribution in [3.63, 3.8) is 0 Å². The Morgan fingerprint density at radius 3 is 2.40 bits per heavy atom. The lowest BCUT2D eigenvalue weighted by Gasteiger charge is -2.08. The highest BCUT2D eigenvalue weighted by Crippen LogP contribution is 2.17. The zero-order chi connectivity index (χ0) is 20.8. The van der Waals surface area contributed by atoms with Crippen molar-refractivity contribution in [3.05, 3.63) is 96.3 Å². The van der Waals surface area contributed by atoms with Crippen LogP contribution >= 0.6 is 0 Å². The van der Waals surface area contributed by atoms with E-state index in [4.69, 9.17) is 4.74 Å². The molecule has 0 bridgehead atoms. The summed E-state index contributed by atoms with van der Waals surface area (Å²) in [4.78, 5) is 24.9. The van der Waals surface area contributed by atoms with E-state index in [0.717, 1.165) is 18.8 Å². The van der Waals surface area contributed by atoms with Crippen LogP contribution in [0.4, 0.5) is 5.69 Å². The molecule has 7 nitrogen and oxygen atoms in total. The summed E-state index contributed by atoms with van der Waals surface area (Å²) in [6.07, 6.45) is 7.56. The van der Waals surface area contributed by atoms with Gasteiger partial charge in [-0.1, -0.05) is 30.3 Å². The van der Waals surface area contributed by atoms with Crippen LogP contribution in [0.1, 0.15) is 21.7 Å². The molecular weight excluding hydrogens is 378 g/mol. The maximum absolute atomic E-state index is 12.4. The van der Waals surface area contributed by atoms with E-state index in [1.165, 1.54) is 18.0 Å². The van der Waals surface area contributed by atoms with Crippen molar-refractivity contribution in [1.29, 1.82) is 0 Å². The fraction of sp³-hybridized carbons (Fsp3) is 0.130. The molecule has 4 aromatic rings. The molecule has 0 radical (unpaired) electrons. The van der Waals surface area contributed by atoms with Crippen LogP contribution in [-0.2, 0) is 13.0 Å². The van der Waals surface area contributed by atoms with Gasteiger partial charge in [-0.25, -0.2) is 15.0 Å². The first kappa shape index (κ1) is 19.3. The second-order valence-electron chi connectivity index (χ2n) is 6.74. The highest BCUT2D eigenvalue weighted by atomic mass is 16.5. The van der Waals surface area contributed by atoms with E-state index in [1.807, 2.05) is 67.7 Å². The molecule has 0 fully saturated rings. The van der Waals surface area contributed by atoms with Crippen molar-refractivity contribution >= 4 is 11.6 Å². The van der Waals surface area contributed by atoms with Gasteiger partial charge in [0.2, 0.25) is 0 Å². The van der Waals surface area contributed by atoms with Crippen LogP contribution in [-0.4, -0.2) is 25.4 Å². The number of amides is 1. The number of hydrogen-bond acceptors (Lipinski definition) is 5. The number of aryl methyl sites for hydroxylation is 3. The first-order chi connectivity index (χ1) is 14.7. The standard InChI is InChI=1S/C23H21N5O2/c1-17-24-12-14-28(17)13-11-18-7-9-20(10-8-18)27-22(29)19-15-25-23(26-16-19)30-21-5-3-2-4-6-21/h2-10,12,14-16H,11,13H2,1H3,(H,27,29). The van der Waals surface area contributed by atoms with Gasteiger partial charge in [0.1, 0.15) is 11.6 Å². The van der Waals surface area contributed by atoms with E-state index < -0.39 is 0 Å². The van der Waals surface area contributed by atoms with Gasteiger partial charge in [-0.3, -0.25) is 4.79 Å². The first-order valence-corrected chi connectivity index (χ1v) is 9.60. The second kappa shape index (κ2) is 9.00. The number of imidazole rings is 1. The Kier molecular flexibility index (Phi) is 5.80. The molecule has 1 N–H and O–H groups in total. The number of carbonyl (C=O) groups excluding carboxylic acids is 1. The lowest BCUT2D eigenvalue weighted by molar-refractivity contribution is 0.102. The zero-order valence-corrected chi connectivity index (χ0v) is 16.5. The molecule has 150 valence electrons. The Morgan fingerprint density at radius 1 is 1.00 bits per heavy atom. The lowest BCUT2D eigenvalue weighted by Crippen LogP contribution is -2.12. The van der Waals surface area contributed by atoms with Gasteiger partial charge in [0.25, 0.3) is 5.91 Å². The molecule has 0 aliphatic carbocycles. The van der Waals surface area contributed by atoms with Gasteiger partial charge in [0.15, 0.2) is 0 Å². The summed E-state index contributed by atoms with van der Waals surface area (Å²) in [6.45, 7) is 2.86. The summed E-state index contributed by atoms with van der Waals surface area (Å²) < 4.78 is 7.65. The predicted molar refractivity (Wildman–Crippen MR) is 114 cm³/mol. The highest BCUT2D eigenvalue weighted by Gasteiger charge is 2.09. The van der Waals surface area contributed by atoms with Crippen molar-refractivity contribution in [3.8, 4) is 11.8 Å². The number of nitrogens with one attached hydrogen (secondary N) is 1. The smallest absolute Gasteiger partial charge is 0.321 e. The Hall–Kier alpha value is -4.00. The Balaban J connectivity index is 1.32. The van der Waals surface area contributed by atoms with Crippen LogP contribution in [0.5, 0.6) is 11.8 Å². The Bertz CT molecular complexity index is 1110. The summed E-state index contributed by atoms with van der Waals surface area (Å²) in [5, 5.41) is 2.86. The molecule has 0 saturated heterocycles. The van der Waals surface area contributed by atoms with Gasteiger partial charge >= 0.3 is 6.01 Å². The summed E-state index contributed by atoms with van der Waals surface area (Å²) in [7, 11) is 0.